The van der Waals surface area contributed by atoms with Gasteiger partial charge in [-0.25, -0.2) is 9.97 Å². The molecule has 0 unspecified atom stereocenters. The van der Waals surface area contributed by atoms with Crippen molar-refractivity contribution in [2.45, 2.75) is 46.0 Å². The summed E-state index contributed by atoms with van der Waals surface area (Å²) in [5, 5.41) is 9.54. The van der Waals surface area contributed by atoms with Crippen LogP contribution in [-0.2, 0) is 6.54 Å². The van der Waals surface area contributed by atoms with E-state index in [1.165, 1.54) is 11.3 Å². The van der Waals surface area contributed by atoms with Crippen LogP contribution in [0.5, 0.6) is 0 Å². The number of benzene rings is 1. The van der Waals surface area contributed by atoms with Gasteiger partial charge in [-0.15, -0.1) is 22.7 Å². The highest BCUT2D eigenvalue weighted by Gasteiger charge is 2.46. The molecule has 0 aliphatic rings. The van der Waals surface area contributed by atoms with Crippen molar-refractivity contribution in [3.05, 3.63) is 45.9 Å². The van der Waals surface area contributed by atoms with Crippen molar-refractivity contribution in [2.24, 2.45) is 0 Å². The summed E-state index contributed by atoms with van der Waals surface area (Å²) >= 11 is 3.11. The van der Waals surface area contributed by atoms with Crippen LogP contribution in [-0.4, -0.2) is 21.7 Å². The average Bonchev–Trinajstić information content (AvgIpc) is 3.19. The maximum absolute atomic E-state index is 12.9. The van der Waals surface area contributed by atoms with E-state index in [0.717, 1.165) is 51.5 Å². The third kappa shape index (κ3) is 4.71. The minimum Gasteiger partial charge on any atom is -0.332 e. The van der Waals surface area contributed by atoms with Crippen molar-refractivity contribution in [3.8, 4) is 10.6 Å². The number of alkyl halides is 3. The SMILES string of the molecule is Cc1nc(C)c(-c2csc(Nc3ccc(CNC(C)(C)C(F)(F)F)cc3)n2)s1. The predicted octanol–water partition coefficient (Wildman–Crippen LogP) is 6.06. The average molecular weight is 427 g/mol. The summed E-state index contributed by atoms with van der Waals surface area (Å²) < 4.78 is 38.7. The molecule has 9 heteroatoms. The quantitative estimate of drug-likeness (QED) is 0.503. The number of aromatic nitrogens is 2. The highest BCUT2D eigenvalue weighted by molar-refractivity contribution is 7.16. The van der Waals surface area contributed by atoms with E-state index in [1.807, 2.05) is 31.4 Å². The molecule has 0 bridgehead atoms. The molecule has 0 aliphatic heterocycles. The van der Waals surface area contributed by atoms with Gasteiger partial charge in [0.05, 0.1) is 21.3 Å². The van der Waals surface area contributed by atoms with E-state index >= 15 is 0 Å². The lowest BCUT2D eigenvalue weighted by atomic mass is 10.0. The number of nitrogens with one attached hydrogen (secondary N) is 2. The molecule has 2 aromatic heterocycles. The fourth-order valence-electron chi connectivity index (χ4n) is 2.46. The number of nitrogens with zero attached hydrogens (tertiary/aromatic N) is 2. The molecule has 1 aromatic carbocycles. The van der Waals surface area contributed by atoms with Gasteiger partial charge >= 0.3 is 6.18 Å². The van der Waals surface area contributed by atoms with Crippen LogP contribution in [0.2, 0.25) is 0 Å². The van der Waals surface area contributed by atoms with Crippen molar-refractivity contribution in [1.29, 1.82) is 0 Å². The molecule has 2 N–H and O–H groups in total. The second-order valence-corrected chi connectivity index (χ2v) is 9.04. The van der Waals surface area contributed by atoms with Gasteiger partial charge in [0.1, 0.15) is 5.54 Å². The molecule has 0 aliphatic carbocycles. The summed E-state index contributed by atoms with van der Waals surface area (Å²) in [6.07, 6.45) is -4.30. The molecule has 0 atom stereocenters. The van der Waals surface area contributed by atoms with Crippen LogP contribution in [0.4, 0.5) is 24.0 Å². The van der Waals surface area contributed by atoms with Gasteiger partial charge in [0.2, 0.25) is 0 Å². The minimum atomic E-state index is -4.30. The van der Waals surface area contributed by atoms with E-state index in [-0.39, 0.29) is 6.54 Å². The Hall–Kier alpha value is -1.97. The Morgan fingerprint density at radius 1 is 1.04 bits per heavy atom. The normalized spacial score (nSPS) is 12.4. The van der Waals surface area contributed by atoms with Gasteiger partial charge in [-0.1, -0.05) is 12.1 Å². The molecule has 0 saturated carbocycles. The van der Waals surface area contributed by atoms with Gasteiger partial charge in [-0.3, -0.25) is 5.32 Å². The van der Waals surface area contributed by atoms with Crippen LogP contribution in [0.15, 0.2) is 29.6 Å². The number of rotatable bonds is 6. The van der Waals surface area contributed by atoms with Crippen LogP contribution < -0.4 is 10.6 Å². The molecule has 3 aromatic rings. The first-order valence-electron chi connectivity index (χ1n) is 8.63. The molecular formula is C19H21F3N4S2. The van der Waals surface area contributed by atoms with E-state index in [2.05, 4.69) is 20.6 Å². The van der Waals surface area contributed by atoms with Gasteiger partial charge in [0.25, 0.3) is 0 Å². The van der Waals surface area contributed by atoms with E-state index in [1.54, 1.807) is 23.5 Å². The molecule has 2 heterocycles. The Morgan fingerprint density at radius 3 is 2.29 bits per heavy atom. The smallest absolute Gasteiger partial charge is 0.332 e. The lowest BCUT2D eigenvalue weighted by Crippen LogP contribution is -2.51. The van der Waals surface area contributed by atoms with Crippen LogP contribution in [0.25, 0.3) is 10.6 Å². The summed E-state index contributed by atoms with van der Waals surface area (Å²) in [4.78, 5) is 10.1. The first kappa shape index (κ1) is 20.8. The fraction of sp³-hybridized carbons (Fsp3) is 0.368. The molecule has 4 nitrogen and oxygen atoms in total. The number of thiazole rings is 2. The zero-order chi connectivity index (χ0) is 20.5. The highest BCUT2D eigenvalue weighted by atomic mass is 32.1. The molecular weight excluding hydrogens is 405 g/mol. The van der Waals surface area contributed by atoms with Gasteiger partial charge < -0.3 is 5.32 Å². The van der Waals surface area contributed by atoms with E-state index in [9.17, 15) is 13.2 Å². The Labute approximate surface area is 169 Å². The highest BCUT2D eigenvalue weighted by Crippen LogP contribution is 2.33. The van der Waals surface area contributed by atoms with E-state index < -0.39 is 11.7 Å². The number of anilines is 2. The second-order valence-electron chi connectivity index (χ2n) is 6.98. The predicted molar refractivity (Wildman–Crippen MR) is 109 cm³/mol. The zero-order valence-corrected chi connectivity index (χ0v) is 17.6. The third-order valence-corrected chi connectivity index (χ3v) is 6.14. The monoisotopic (exact) mass is 426 g/mol. The maximum atomic E-state index is 12.9. The summed E-state index contributed by atoms with van der Waals surface area (Å²) in [6.45, 7) is 6.35. The van der Waals surface area contributed by atoms with Crippen LogP contribution in [0.1, 0.15) is 30.1 Å². The summed E-state index contributed by atoms with van der Waals surface area (Å²) in [7, 11) is 0. The van der Waals surface area contributed by atoms with Gasteiger partial charge in [-0.2, -0.15) is 13.2 Å². The summed E-state index contributed by atoms with van der Waals surface area (Å²) in [5.41, 5.74) is 1.54. The summed E-state index contributed by atoms with van der Waals surface area (Å²) in [6, 6.07) is 7.27. The van der Waals surface area contributed by atoms with Gasteiger partial charge in [0, 0.05) is 17.6 Å². The largest absolute Gasteiger partial charge is 0.406 e. The standard InChI is InChI=1S/C19H21F3N4S2/c1-11-16(28-12(2)24-11)15-10-27-17(26-15)25-14-7-5-13(6-8-14)9-23-18(3,4)19(20,21)22/h5-8,10,23H,9H2,1-4H3,(H,25,26). The first-order valence-corrected chi connectivity index (χ1v) is 10.3. The van der Waals surface area contributed by atoms with E-state index in [0.29, 0.717) is 0 Å². The number of aryl methyl sites for hydroxylation is 2. The van der Waals surface area contributed by atoms with Gasteiger partial charge in [0.15, 0.2) is 5.13 Å². The van der Waals surface area contributed by atoms with Gasteiger partial charge in [-0.05, 0) is 45.4 Å². The minimum absolute atomic E-state index is 0.137. The van der Waals surface area contributed by atoms with Crippen LogP contribution in [0.3, 0.4) is 0 Å². The lowest BCUT2D eigenvalue weighted by molar-refractivity contribution is -0.186. The molecule has 150 valence electrons. The molecule has 0 radical (unpaired) electrons. The Bertz CT molecular complexity index is 943. The van der Waals surface area contributed by atoms with E-state index in [4.69, 9.17) is 0 Å². The number of hydrogen-bond acceptors (Lipinski definition) is 6. The third-order valence-electron chi connectivity index (χ3n) is 4.29. The van der Waals surface area contributed by atoms with Crippen molar-refractivity contribution < 1.29 is 13.2 Å². The number of halogens is 3. The molecule has 3 rings (SSSR count). The zero-order valence-electron chi connectivity index (χ0n) is 15.9. The van der Waals surface area contributed by atoms with Crippen LogP contribution >= 0.6 is 22.7 Å². The number of hydrogen-bond donors (Lipinski definition) is 2. The Balaban J connectivity index is 1.63. The van der Waals surface area contributed by atoms with Crippen molar-refractivity contribution in [3.63, 3.8) is 0 Å². The molecule has 0 saturated heterocycles. The molecule has 28 heavy (non-hydrogen) atoms. The maximum Gasteiger partial charge on any atom is 0.406 e. The second kappa shape index (κ2) is 7.81. The lowest BCUT2D eigenvalue weighted by Gasteiger charge is -2.29. The molecule has 0 spiro atoms. The first-order chi connectivity index (χ1) is 13.0. The Morgan fingerprint density at radius 2 is 1.71 bits per heavy atom. The molecule has 0 amide bonds. The van der Waals surface area contributed by atoms with Crippen molar-refractivity contribution in [1.82, 2.24) is 15.3 Å². The topological polar surface area (TPSA) is 49.8 Å². The van der Waals surface area contributed by atoms with Crippen molar-refractivity contribution >= 4 is 33.5 Å². The van der Waals surface area contributed by atoms with Crippen molar-refractivity contribution in [2.75, 3.05) is 5.32 Å². The fourth-order valence-corrected chi connectivity index (χ4v) is 4.13. The Kier molecular flexibility index (Phi) is 5.79. The summed E-state index contributed by atoms with van der Waals surface area (Å²) in [5.74, 6) is 0. The molecule has 0 fully saturated rings. The van der Waals surface area contributed by atoms with Crippen LogP contribution in [0, 0.1) is 13.8 Å².